The Kier molecular flexibility index (Phi) is 8.89. The summed E-state index contributed by atoms with van der Waals surface area (Å²) in [6, 6.07) is 20.8. The number of urea groups is 1. The van der Waals surface area contributed by atoms with E-state index in [2.05, 4.69) is 5.32 Å². The molecular formula is C26H31N3O3S. The molecule has 1 heterocycles. The lowest BCUT2D eigenvalue weighted by Crippen LogP contribution is -2.45. The van der Waals surface area contributed by atoms with Gasteiger partial charge in [0.1, 0.15) is 12.3 Å². The Balaban J connectivity index is 1.75. The normalized spacial score (nSPS) is 10.7. The van der Waals surface area contributed by atoms with Gasteiger partial charge < -0.3 is 19.9 Å². The molecule has 1 aromatic heterocycles. The van der Waals surface area contributed by atoms with Crippen LogP contribution in [-0.2, 0) is 17.9 Å². The molecule has 174 valence electrons. The highest BCUT2D eigenvalue weighted by molar-refractivity contribution is 7.09. The van der Waals surface area contributed by atoms with Crippen LogP contribution in [0.3, 0.4) is 0 Å². The number of thiophene rings is 1. The van der Waals surface area contributed by atoms with Crippen molar-refractivity contribution in [1.82, 2.24) is 9.80 Å². The van der Waals surface area contributed by atoms with Crippen LogP contribution in [0.25, 0.3) is 0 Å². The molecule has 0 spiro atoms. The number of amides is 3. The van der Waals surface area contributed by atoms with Gasteiger partial charge in [-0.3, -0.25) is 4.79 Å². The van der Waals surface area contributed by atoms with Gasteiger partial charge in [0.05, 0.1) is 13.7 Å². The van der Waals surface area contributed by atoms with Gasteiger partial charge in [0, 0.05) is 29.7 Å². The SMILES string of the molecule is COc1cccc(NC(=O)N(CC(=O)N(Cc2ccccc2)Cc2cccs2)CC(C)C)c1. The summed E-state index contributed by atoms with van der Waals surface area (Å²) in [5, 5.41) is 4.91. The van der Waals surface area contributed by atoms with Gasteiger partial charge >= 0.3 is 6.03 Å². The number of hydrogen-bond donors (Lipinski definition) is 1. The number of carbonyl (C=O) groups is 2. The van der Waals surface area contributed by atoms with E-state index in [0.29, 0.717) is 31.1 Å². The van der Waals surface area contributed by atoms with E-state index in [0.717, 1.165) is 10.4 Å². The van der Waals surface area contributed by atoms with E-state index in [-0.39, 0.29) is 24.4 Å². The van der Waals surface area contributed by atoms with Gasteiger partial charge in [-0.2, -0.15) is 0 Å². The Morgan fingerprint density at radius 1 is 0.970 bits per heavy atom. The summed E-state index contributed by atoms with van der Waals surface area (Å²) in [5.74, 6) is 0.784. The van der Waals surface area contributed by atoms with Crippen molar-refractivity contribution in [3.63, 3.8) is 0 Å². The van der Waals surface area contributed by atoms with Crippen LogP contribution in [0.15, 0.2) is 72.1 Å². The van der Waals surface area contributed by atoms with E-state index in [1.165, 1.54) is 0 Å². The van der Waals surface area contributed by atoms with Gasteiger partial charge in [0.15, 0.2) is 0 Å². The fourth-order valence-corrected chi connectivity index (χ4v) is 4.17. The average Bonchev–Trinajstić information content (AvgIpc) is 3.32. The Labute approximate surface area is 199 Å². The lowest BCUT2D eigenvalue weighted by molar-refractivity contribution is -0.133. The highest BCUT2D eigenvalue weighted by Gasteiger charge is 2.23. The number of ether oxygens (including phenoxy) is 1. The van der Waals surface area contributed by atoms with Crippen LogP contribution in [-0.4, -0.2) is 41.9 Å². The summed E-state index contributed by atoms with van der Waals surface area (Å²) >= 11 is 1.62. The molecule has 0 saturated heterocycles. The largest absolute Gasteiger partial charge is 0.497 e. The van der Waals surface area contributed by atoms with Gasteiger partial charge in [-0.1, -0.05) is 56.3 Å². The van der Waals surface area contributed by atoms with Gasteiger partial charge in [-0.05, 0) is 35.1 Å². The van der Waals surface area contributed by atoms with Crippen molar-refractivity contribution < 1.29 is 14.3 Å². The van der Waals surface area contributed by atoms with Crippen LogP contribution in [0.4, 0.5) is 10.5 Å². The summed E-state index contributed by atoms with van der Waals surface area (Å²) in [4.78, 5) is 31.0. The Hall–Kier alpha value is -3.32. The van der Waals surface area contributed by atoms with Crippen LogP contribution in [0.5, 0.6) is 5.75 Å². The quantitative estimate of drug-likeness (QED) is 0.432. The smallest absolute Gasteiger partial charge is 0.322 e. The number of methoxy groups -OCH3 is 1. The first kappa shape index (κ1) is 24.3. The van der Waals surface area contributed by atoms with Crippen molar-refractivity contribution in [2.75, 3.05) is 25.5 Å². The van der Waals surface area contributed by atoms with Crippen molar-refractivity contribution in [3.05, 3.63) is 82.6 Å². The van der Waals surface area contributed by atoms with Crippen LogP contribution >= 0.6 is 11.3 Å². The van der Waals surface area contributed by atoms with Crippen LogP contribution in [0, 0.1) is 5.92 Å². The van der Waals surface area contributed by atoms with Gasteiger partial charge in [-0.25, -0.2) is 4.79 Å². The lowest BCUT2D eigenvalue weighted by Gasteiger charge is -2.29. The second kappa shape index (κ2) is 12.1. The molecule has 0 aliphatic carbocycles. The van der Waals surface area contributed by atoms with Crippen LogP contribution < -0.4 is 10.1 Å². The van der Waals surface area contributed by atoms with E-state index in [1.54, 1.807) is 35.5 Å². The molecule has 0 aliphatic rings. The molecule has 0 aliphatic heterocycles. The summed E-state index contributed by atoms with van der Waals surface area (Å²) in [7, 11) is 1.58. The van der Waals surface area contributed by atoms with Gasteiger partial charge in [0.2, 0.25) is 5.91 Å². The zero-order chi connectivity index (χ0) is 23.6. The molecule has 3 aromatic rings. The highest BCUT2D eigenvalue weighted by Crippen LogP contribution is 2.18. The zero-order valence-electron chi connectivity index (χ0n) is 19.4. The molecule has 0 atom stereocenters. The van der Waals surface area contributed by atoms with Gasteiger partial charge in [-0.15, -0.1) is 11.3 Å². The first-order chi connectivity index (χ1) is 15.9. The number of benzene rings is 2. The van der Waals surface area contributed by atoms with Gasteiger partial charge in [0.25, 0.3) is 0 Å². The summed E-state index contributed by atoms with van der Waals surface area (Å²) in [6.07, 6.45) is 0. The summed E-state index contributed by atoms with van der Waals surface area (Å²) in [5.41, 5.74) is 1.68. The maximum Gasteiger partial charge on any atom is 0.322 e. The van der Waals surface area contributed by atoms with E-state index < -0.39 is 0 Å². The predicted molar refractivity (Wildman–Crippen MR) is 133 cm³/mol. The number of rotatable bonds is 10. The molecule has 0 saturated carbocycles. The molecule has 0 radical (unpaired) electrons. The van der Waals surface area contributed by atoms with E-state index >= 15 is 0 Å². The molecule has 2 aromatic carbocycles. The third kappa shape index (κ3) is 7.64. The van der Waals surface area contributed by atoms with Crippen LogP contribution in [0.2, 0.25) is 0 Å². The number of nitrogens with zero attached hydrogens (tertiary/aromatic N) is 2. The highest BCUT2D eigenvalue weighted by atomic mass is 32.1. The maximum absolute atomic E-state index is 13.4. The first-order valence-electron chi connectivity index (χ1n) is 11.0. The zero-order valence-corrected chi connectivity index (χ0v) is 20.2. The molecule has 1 N–H and O–H groups in total. The topological polar surface area (TPSA) is 61.9 Å². The monoisotopic (exact) mass is 465 g/mol. The molecule has 0 bridgehead atoms. The van der Waals surface area contributed by atoms with Crippen molar-refractivity contribution >= 4 is 29.0 Å². The first-order valence-corrected chi connectivity index (χ1v) is 11.9. The standard InChI is InChI=1S/C26H31N3O3S/c1-20(2)16-29(26(31)27-22-11-7-12-23(15-22)32-3)19-25(30)28(18-24-13-8-14-33-24)17-21-9-5-4-6-10-21/h4-15,20H,16-19H2,1-3H3,(H,27,31). The maximum atomic E-state index is 13.4. The number of nitrogens with one attached hydrogen (secondary N) is 1. The predicted octanol–water partition coefficient (Wildman–Crippen LogP) is 5.48. The van der Waals surface area contributed by atoms with Crippen LogP contribution in [0.1, 0.15) is 24.3 Å². The minimum absolute atomic E-state index is 0.00614. The molecule has 3 rings (SSSR count). The average molecular weight is 466 g/mol. The molecule has 6 nitrogen and oxygen atoms in total. The number of hydrogen-bond acceptors (Lipinski definition) is 4. The Morgan fingerprint density at radius 2 is 1.76 bits per heavy atom. The Bertz CT molecular complexity index is 1020. The molecular weight excluding hydrogens is 434 g/mol. The van der Waals surface area contributed by atoms with Crippen molar-refractivity contribution in [2.45, 2.75) is 26.9 Å². The minimum atomic E-state index is -0.305. The van der Waals surface area contributed by atoms with Crippen molar-refractivity contribution in [1.29, 1.82) is 0 Å². The fraction of sp³-hybridized carbons (Fsp3) is 0.308. The van der Waals surface area contributed by atoms with Crippen molar-refractivity contribution in [2.24, 2.45) is 5.92 Å². The van der Waals surface area contributed by atoms with Crippen molar-refractivity contribution in [3.8, 4) is 5.75 Å². The van der Waals surface area contributed by atoms with E-state index in [9.17, 15) is 9.59 Å². The number of carbonyl (C=O) groups excluding carboxylic acids is 2. The van der Waals surface area contributed by atoms with E-state index in [1.807, 2.05) is 78.7 Å². The minimum Gasteiger partial charge on any atom is -0.497 e. The Morgan fingerprint density at radius 3 is 2.42 bits per heavy atom. The third-order valence-corrected chi connectivity index (χ3v) is 5.88. The molecule has 33 heavy (non-hydrogen) atoms. The summed E-state index contributed by atoms with van der Waals surface area (Å²) < 4.78 is 5.24. The third-order valence-electron chi connectivity index (χ3n) is 5.02. The summed E-state index contributed by atoms with van der Waals surface area (Å²) in [6.45, 7) is 5.54. The molecule has 3 amide bonds. The second-order valence-electron chi connectivity index (χ2n) is 8.25. The molecule has 0 fully saturated rings. The molecule has 0 unspecified atom stereocenters. The van der Waals surface area contributed by atoms with E-state index in [4.69, 9.17) is 4.74 Å². The number of anilines is 1. The fourth-order valence-electron chi connectivity index (χ4n) is 3.45. The lowest BCUT2D eigenvalue weighted by atomic mass is 10.2. The second-order valence-corrected chi connectivity index (χ2v) is 9.28. The molecule has 7 heteroatoms.